The van der Waals surface area contributed by atoms with Crippen LogP contribution in [-0.4, -0.2) is 6.43 Å². The molecule has 0 unspecified atom stereocenters. The average Bonchev–Trinajstić information content (AvgIpc) is 2.44. The topological polar surface area (TPSA) is 23.8 Å². The Hall–Kier alpha value is -0.650. The molecule has 9 heavy (non-hydrogen) atoms. The summed E-state index contributed by atoms with van der Waals surface area (Å²) in [7, 11) is 0. The lowest BCUT2D eigenvalue weighted by Gasteiger charge is -1.96. The minimum absolute atomic E-state index is 0.362. The molecule has 0 bridgehead atoms. The molecule has 0 aliphatic heterocycles. The second-order valence-electron chi connectivity index (χ2n) is 2.67. The molecule has 1 aliphatic rings. The van der Waals surface area contributed by atoms with E-state index in [0.717, 1.165) is 0 Å². The molecule has 0 aromatic carbocycles. The molecular weight excluding hydrogens is 124 g/mol. The highest BCUT2D eigenvalue weighted by atomic mass is 19.3. The van der Waals surface area contributed by atoms with Crippen LogP contribution in [0.5, 0.6) is 0 Å². The van der Waals surface area contributed by atoms with Crippen molar-refractivity contribution in [3.8, 4) is 6.07 Å². The molecule has 0 spiro atoms. The van der Waals surface area contributed by atoms with Crippen molar-refractivity contribution in [2.45, 2.75) is 19.8 Å². The van der Waals surface area contributed by atoms with Gasteiger partial charge >= 0.3 is 0 Å². The Morgan fingerprint density at radius 3 is 2.44 bits per heavy atom. The Morgan fingerprint density at radius 1 is 1.78 bits per heavy atom. The van der Waals surface area contributed by atoms with Crippen LogP contribution >= 0.6 is 0 Å². The molecule has 2 atom stereocenters. The highest BCUT2D eigenvalue weighted by Gasteiger charge is 2.55. The second-order valence-corrected chi connectivity index (χ2v) is 2.67. The second kappa shape index (κ2) is 1.66. The lowest BCUT2D eigenvalue weighted by atomic mass is 10.1. The first kappa shape index (κ1) is 6.47. The van der Waals surface area contributed by atoms with Gasteiger partial charge in [0.1, 0.15) is 0 Å². The fourth-order valence-corrected chi connectivity index (χ4v) is 0.894. The molecule has 0 amide bonds. The molecule has 1 aliphatic carbocycles. The van der Waals surface area contributed by atoms with Gasteiger partial charge in [0.05, 0.1) is 11.5 Å². The van der Waals surface area contributed by atoms with Gasteiger partial charge in [-0.2, -0.15) is 5.26 Å². The van der Waals surface area contributed by atoms with E-state index in [9.17, 15) is 8.78 Å². The molecule has 1 fully saturated rings. The quantitative estimate of drug-likeness (QED) is 0.532. The molecule has 0 aromatic rings. The summed E-state index contributed by atoms with van der Waals surface area (Å²) in [4.78, 5) is 0. The third-order valence-corrected chi connectivity index (χ3v) is 1.86. The largest absolute Gasteiger partial charge is 0.243 e. The van der Waals surface area contributed by atoms with E-state index in [4.69, 9.17) is 5.26 Å². The first-order valence-electron chi connectivity index (χ1n) is 2.79. The van der Waals surface area contributed by atoms with Crippen molar-refractivity contribution in [2.75, 3.05) is 0 Å². The summed E-state index contributed by atoms with van der Waals surface area (Å²) in [5.74, 6) is -0.664. The van der Waals surface area contributed by atoms with Crippen LogP contribution in [0.1, 0.15) is 13.3 Å². The molecule has 1 nitrogen and oxygen atoms in total. The predicted octanol–water partition coefficient (Wildman–Crippen LogP) is 1.80. The van der Waals surface area contributed by atoms with Crippen LogP contribution in [0.3, 0.4) is 0 Å². The smallest absolute Gasteiger partial charge is 0.210 e. The number of nitrogens with zero attached hydrogens (tertiary/aromatic N) is 1. The van der Waals surface area contributed by atoms with E-state index in [1.165, 1.54) is 0 Å². The fourth-order valence-electron chi connectivity index (χ4n) is 0.894. The maximum Gasteiger partial charge on any atom is 0.243 e. The average molecular weight is 131 g/mol. The zero-order valence-electron chi connectivity index (χ0n) is 5.06. The van der Waals surface area contributed by atoms with Gasteiger partial charge in [0, 0.05) is 5.92 Å². The predicted molar refractivity (Wildman–Crippen MR) is 27.8 cm³/mol. The molecule has 1 saturated carbocycles. The maximum atomic E-state index is 11.8. The number of alkyl halides is 2. The van der Waals surface area contributed by atoms with Crippen LogP contribution in [0.15, 0.2) is 0 Å². The summed E-state index contributed by atoms with van der Waals surface area (Å²) in [6.45, 7) is 1.57. The lowest BCUT2D eigenvalue weighted by molar-refractivity contribution is 0.112. The molecule has 0 aromatic heterocycles. The first-order chi connectivity index (χ1) is 4.10. The Kier molecular flexibility index (Phi) is 1.20. The number of halogens is 2. The van der Waals surface area contributed by atoms with Gasteiger partial charge in [0.25, 0.3) is 0 Å². The summed E-state index contributed by atoms with van der Waals surface area (Å²) >= 11 is 0. The van der Waals surface area contributed by atoms with Crippen molar-refractivity contribution < 1.29 is 8.78 Å². The number of rotatable bonds is 1. The SMILES string of the molecule is C[C@]1(C#N)C[C@H]1C(F)F. The number of hydrogen-bond acceptors (Lipinski definition) is 1. The van der Waals surface area contributed by atoms with Gasteiger partial charge in [-0.3, -0.25) is 0 Å². The molecule has 0 heterocycles. The van der Waals surface area contributed by atoms with E-state index < -0.39 is 17.8 Å². The Morgan fingerprint density at radius 2 is 2.33 bits per heavy atom. The van der Waals surface area contributed by atoms with E-state index in [-0.39, 0.29) is 0 Å². The van der Waals surface area contributed by atoms with E-state index in [2.05, 4.69) is 0 Å². The van der Waals surface area contributed by atoms with E-state index in [1.54, 1.807) is 6.92 Å². The van der Waals surface area contributed by atoms with Crippen molar-refractivity contribution in [1.82, 2.24) is 0 Å². The van der Waals surface area contributed by atoms with E-state index in [0.29, 0.717) is 6.42 Å². The lowest BCUT2D eigenvalue weighted by Crippen LogP contribution is -2.01. The first-order valence-corrected chi connectivity index (χ1v) is 2.79. The van der Waals surface area contributed by atoms with Crippen LogP contribution in [0, 0.1) is 22.7 Å². The van der Waals surface area contributed by atoms with Crippen LogP contribution in [0.2, 0.25) is 0 Å². The number of hydrogen-bond donors (Lipinski definition) is 0. The highest BCUT2D eigenvalue weighted by molar-refractivity contribution is 5.13. The molecule has 1 rings (SSSR count). The monoisotopic (exact) mass is 131 g/mol. The van der Waals surface area contributed by atoms with Crippen molar-refractivity contribution in [3.63, 3.8) is 0 Å². The summed E-state index contributed by atoms with van der Waals surface area (Å²) in [5, 5.41) is 8.30. The summed E-state index contributed by atoms with van der Waals surface area (Å²) in [6.07, 6.45) is -1.95. The van der Waals surface area contributed by atoms with Crippen molar-refractivity contribution in [1.29, 1.82) is 5.26 Å². The Balaban J connectivity index is 2.51. The van der Waals surface area contributed by atoms with Crippen molar-refractivity contribution >= 4 is 0 Å². The normalized spacial score (nSPS) is 40.6. The van der Waals surface area contributed by atoms with Crippen LogP contribution in [0.25, 0.3) is 0 Å². The van der Waals surface area contributed by atoms with Gasteiger partial charge in [-0.15, -0.1) is 0 Å². The van der Waals surface area contributed by atoms with Crippen LogP contribution < -0.4 is 0 Å². The van der Waals surface area contributed by atoms with Crippen molar-refractivity contribution in [2.24, 2.45) is 11.3 Å². The summed E-state index contributed by atoms with van der Waals surface area (Å²) in [5.41, 5.74) is -0.714. The number of nitriles is 1. The maximum absolute atomic E-state index is 11.8. The Bertz CT molecular complexity index is 161. The molecule has 50 valence electrons. The molecular formula is C6H7F2N. The third-order valence-electron chi connectivity index (χ3n) is 1.86. The zero-order valence-corrected chi connectivity index (χ0v) is 5.06. The standard InChI is InChI=1S/C6H7F2N/c1-6(3-9)2-4(6)5(7)8/h4-5H,2H2,1H3/t4-,6+/m0/s1. The van der Waals surface area contributed by atoms with E-state index >= 15 is 0 Å². The summed E-state index contributed by atoms with van der Waals surface area (Å²) < 4.78 is 23.5. The Labute approximate surface area is 52.3 Å². The van der Waals surface area contributed by atoms with E-state index in [1.807, 2.05) is 6.07 Å². The molecule has 0 N–H and O–H groups in total. The molecule has 0 saturated heterocycles. The van der Waals surface area contributed by atoms with Gasteiger partial charge < -0.3 is 0 Å². The zero-order chi connectivity index (χ0) is 7.07. The van der Waals surface area contributed by atoms with Crippen molar-refractivity contribution in [3.05, 3.63) is 0 Å². The van der Waals surface area contributed by atoms with Crippen LogP contribution in [-0.2, 0) is 0 Å². The van der Waals surface area contributed by atoms with Crippen LogP contribution in [0.4, 0.5) is 8.78 Å². The van der Waals surface area contributed by atoms with Gasteiger partial charge in [-0.1, -0.05) is 0 Å². The van der Waals surface area contributed by atoms with Gasteiger partial charge in [0.2, 0.25) is 6.43 Å². The fraction of sp³-hybridized carbons (Fsp3) is 0.833. The third kappa shape index (κ3) is 0.893. The van der Waals surface area contributed by atoms with Gasteiger partial charge in [-0.25, -0.2) is 8.78 Å². The van der Waals surface area contributed by atoms with Gasteiger partial charge in [-0.05, 0) is 13.3 Å². The minimum Gasteiger partial charge on any atom is -0.210 e. The minimum atomic E-state index is -2.31. The summed E-state index contributed by atoms with van der Waals surface area (Å²) in [6, 6.07) is 1.87. The highest BCUT2D eigenvalue weighted by Crippen LogP contribution is 2.54. The molecule has 3 heteroatoms. The molecule has 0 radical (unpaired) electrons. The van der Waals surface area contributed by atoms with Gasteiger partial charge in [0.15, 0.2) is 0 Å².